The molecule has 1 aliphatic heterocycles. The van der Waals surface area contributed by atoms with Gasteiger partial charge in [0, 0.05) is 5.56 Å². The Hall–Kier alpha value is -1.30. The van der Waals surface area contributed by atoms with Crippen LogP contribution in [-0.4, -0.2) is 12.7 Å². The van der Waals surface area contributed by atoms with Crippen LogP contribution in [0.15, 0.2) is 30.3 Å². The van der Waals surface area contributed by atoms with E-state index in [1.807, 2.05) is 30.3 Å². The summed E-state index contributed by atoms with van der Waals surface area (Å²) in [5, 5.41) is 0. The summed E-state index contributed by atoms with van der Waals surface area (Å²) in [5.41, 5.74) is 1.01. The zero-order valence-corrected chi connectivity index (χ0v) is 7.14. The van der Waals surface area contributed by atoms with Crippen LogP contribution in [0.3, 0.4) is 0 Å². The second-order valence-electron chi connectivity index (χ2n) is 2.87. The number of ether oxygens (including phenoxy) is 2. The van der Waals surface area contributed by atoms with Crippen molar-refractivity contribution in [3.05, 3.63) is 35.9 Å². The highest BCUT2D eigenvalue weighted by molar-refractivity contribution is 5.17. The normalized spacial score (nSPS) is 27.0. The van der Waals surface area contributed by atoms with Crippen LogP contribution in [0.1, 0.15) is 11.9 Å². The topological polar surface area (TPSA) is 18.5 Å². The summed E-state index contributed by atoms with van der Waals surface area (Å²) < 4.78 is 10.8. The highest BCUT2D eigenvalue weighted by Gasteiger charge is 2.25. The van der Waals surface area contributed by atoms with Gasteiger partial charge in [-0.3, -0.25) is 0 Å². The molecule has 1 heterocycles. The SMILES string of the molecule is C#C[C@H]1CO[C@H](c2ccccc2)O1. The molecule has 1 aromatic carbocycles. The van der Waals surface area contributed by atoms with Gasteiger partial charge in [0.15, 0.2) is 6.29 Å². The van der Waals surface area contributed by atoms with Crippen molar-refractivity contribution in [2.75, 3.05) is 6.61 Å². The number of benzene rings is 1. The van der Waals surface area contributed by atoms with Gasteiger partial charge >= 0.3 is 0 Å². The minimum atomic E-state index is -0.290. The Morgan fingerprint density at radius 3 is 2.69 bits per heavy atom. The zero-order chi connectivity index (χ0) is 9.10. The van der Waals surface area contributed by atoms with Crippen LogP contribution in [0.4, 0.5) is 0 Å². The number of hydrogen-bond donors (Lipinski definition) is 0. The molecular weight excluding hydrogens is 164 g/mol. The van der Waals surface area contributed by atoms with Crippen molar-refractivity contribution in [1.29, 1.82) is 0 Å². The lowest BCUT2D eigenvalue weighted by atomic mass is 10.2. The number of rotatable bonds is 1. The quantitative estimate of drug-likeness (QED) is 0.604. The molecule has 13 heavy (non-hydrogen) atoms. The molecule has 66 valence electrons. The van der Waals surface area contributed by atoms with Gasteiger partial charge in [-0.1, -0.05) is 36.3 Å². The van der Waals surface area contributed by atoms with E-state index in [9.17, 15) is 0 Å². The average Bonchev–Trinajstić information content (AvgIpc) is 2.67. The van der Waals surface area contributed by atoms with E-state index in [2.05, 4.69) is 5.92 Å². The molecule has 0 aliphatic carbocycles. The molecule has 2 heteroatoms. The summed E-state index contributed by atoms with van der Waals surface area (Å²) in [6.45, 7) is 0.482. The maximum absolute atomic E-state index is 5.44. The summed E-state index contributed by atoms with van der Waals surface area (Å²) in [6, 6.07) is 9.78. The fourth-order valence-corrected chi connectivity index (χ4v) is 1.27. The van der Waals surface area contributed by atoms with Crippen molar-refractivity contribution in [2.24, 2.45) is 0 Å². The van der Waals surface area contributed by atoms with Crippen molar-refractivity contribution in [1.82, 2.24) is 0 Å². The molecule has 0 amide bonds. The average molecular weight is 174 g/mol. The van der Waals surface area contributed by atoms with Gasteiger partial charge in [-0.2, -0.15) is 0 Å². The molecule has 0 unspecified atom stereocenters. The molecular formula is C11H10O2. The Kier molecular flexibility index (Phi) is 2.31. The van der Waals surface area contributed by atoms with Crippen molar-refractivity contribution in [3.8, 4) is 12.3 Å². The van der Waals surface area contributed by atoms with Crippen LogP contribution in [-0.2, 0) is 9.47 Å². The first-order chi connectivity index (χ1) is 6.40. The molecule has 2 nitrogen and oxygen atoms in total. The van der Waals surface area contributed by atoms with Crippen LogP contribution in [0.25, 0.3) is 0 Å². The summed E-state index contributed by atoms with van der Waals surface area (Å²) in [6.07, 6.45) is 4.73. The van der Waals surface area contributed by atoms with Gasteiger partial charge in [-0.25, -0.2) is 0 Å². The first-order valence-electron chi connectivity index (χ1n) is 4.18. The third kappa shape index (κ3) is 1.72. The lowest BCUT2D eigenvalue weighted by Crippen LogP contribution is -2.05. The van der Waals surface area contributed by atoms with Gasteiger partial charge in [-0.15, -0.1) is 6.42 Å². The summed E-state index contributed by atoms with van der Waals surface area (Å²) in [4.78, 5) is 0. The monoisotopic (exact) mass is 174 g/mol. The van der Waals surface area contributed by atoms with Crippen molar-refractivity contribution in [2.45, 2.75) is 12.4 Å². The summed E-state index contributed by atoms with van der Waals surface area (Å²) >= 11 is 0. The zero-order valence-electron chi connectivity index (χ0n) is 7.14. The largest absolute Gasteiger partial charge is 0.345 e. The molecule has 0 spiro atoms. The van der Waals surface area contributed by atoms with E-state index < -0.39 is 0 Å². The molecule has 0 aromatic heterocycles. The first-order valence-corrected chi connectivity index (χ1v) is 4.18. The maximum Gasteiger partial charge on any atom is 0.185 e. The Morgan fingerprint density at radius 1 is 1.31 bits per heavy atom. The molecule has 2 atom stereocenters. The van der Waals surface area contributed by atoms with E-state index in [4.69, 9.17) is 15.9 Å². The standard InChI is InChI=1S/C11H10O2/c1-2-10-8-12-11(13-10)9-6-4-3-5-7-9/h1,3-7,10-11H,8H2/t10-,11-/m0/s1. The summed E-state index contributed by atoms with van der Waals surface area (Å²) in [5.74, 6) is 2.52. The van der Waals surface area contributed by atoms with Gasteiger partial charge < -0.3 is 9.47 Å². The van der Waals surface area contributed by atoms with Gasteiger partial charge in [0.2, 0.25) is 0 Å². The molecule has 1 fully saturated rings. The Balaban J connectivity index is 2.09. The number of hydrogen-bond acceptors (Lipinski definition) is 2. The van der Waals surface area contributed by atoms with Crippen molar-refractivity contribution in [3.63, 3.8) is 0 Å². The van der Waals surface area contributed by atoms with Gasteiger partial charge in [-0.05, 0) is 0 Å². The van der Waals surface area contributed by atoms with Crippen molar-refractivity contribution < 1.29 is 9.47 Å². The fourth-order valence-electron chi connectivity index (χ4n) is 1.27. The van der Waals surface area contributed by atoms with E-state index in [1.54, 1.807) is 0 Å². The summed E-state index contributed by atoms with van der Waals surface area (Å²) in [7, 11) is 0. The van der Waals surface area contributed by atoms with E-state index in [-0.39, 0.29) is 12.4 Å². The van der Waals surface area contributed by atoms with E-state index in [1.165, 1.54) is 0 Å². The Bertz CT molecular complexity index is 313. The second-order valence-corrected chi connectivity index (χ2v) is 2.87. The van der Waals surface area contributed by atoms with Gasteiger partial charge in [0.25, 0.3) is 0 Å². The molecule has 0 radical (unpaired) electrons. The van der Waals surface area contributed by atoms with Crippen LogP contribution < -0.4 is 0 Å². The minimum Gasteiger partial charge on any atom is -0.345 e. The lowest BCUT2D eigenvalue weighted by molar-refractivity contribution is -0.0521. The molecule has 2 rings (SSSR count). The van der Waals surface area contributed by atoms with E-state index in [0.29, 0.717) is 6.61 Å². The molecule has 1 aliphatic rings. The van der Waals surface area contributed by atoms with Crippen LogP contribution in [0.2, 0.25) is 0 Å². The van der Waals surface area contributed by atoms with E-state index >= 15 is 0 Å². The minimum absolute atomic E-state index is 0.204. The Morgan fingerprint density at radius 2 is 2.08 bits per heavy atom. The Labute approximate surface area is 77.5 Å². The van der Waals surface area contributed by atoms with Gasteiger partial charge in [0.05, 0.1) is 6.61 Å². The second kappa shape index (κ2) is 3.61. The maximum atomic E-state index is 5.44. The molecule has 1 aromatic rings. The highest BCUT2D eigenvalue weighted by atomic mass is 16.7. The third-order valence-electron chi connectivity index (χ3n) is 1.94. The molecule has 0 N–H and O–H groups in total. The van der Waals surface area contributed by atoms with Crippen molar-refractivity contribution >= 4 is 0 Å². The van der Waals surface area contributed by atoms with E-state index in [0.717, 1.165) is 5.56 Å². The van der Waals surface area contributed by atoms with Gasteiger partial charge in [0.1, 0.15) is 6.10 Å². The lowest BCUT2D eigenvalue weighted by Gasteiger charge is -2.08. The van der Waals surface area contributed by atoms with Crippen LogP contribution in [0, 0.1) is 12.3 Å². The van der Waals surface area contributed by atoms with Crippen LogP contribution >= 0.6 is 0 Å². The molecule has 1 saturated heterocycles. The fraction of sp³-hybridized carbons (Fsp3) is 0.273. The highest BCUT2D eigenvalue weighted by Crippen LogP contribution is 2.25. The predicted octanol–water partition coefficient (Wildman–Crippen LogP) is 1.73. The molecule has 0 bridgehead atoms. The van der Waals surface area contributed by atoms with Crippen LogP contribution in [0.5, 0.6) is 0 Å². The third-order valence-corrected chi connectivity index (χ3v) is 1.94. The smallest absolute Gasteiger partial charge is 0.185 e. The first kappa shape index (κ1) is 8.31. The number of terminal acetylenes is 1. The molecule has 0 saturated carbocycles. The predicted molar refractivity (Wildman–Crippen MR) is 48.8 cm³/mol.